The van der Waals surface area contributed by atoms with E-state index in [1.165, 1.54) is 0 Å². The van der Waals surface area contributed by atoms with Crippen molar-refractivity contribution in [1.29, 1.82) is 0 Å². The van der Waals surface area contributed by atoms with Crippen molar-refractivity contribution < 1.29 is 14.3 Å². The van der Waals surface area contributed by atoms with E-state index in [1.54, 1.807) is 24.1 Å². The zero-order valence-corrected chi connectivity index (χ0v) is 16.6. The molecule has 3 rings (SSSR count). The fourth-order valence-electron chi connectivity index (χ4n) is 3.34. The predicted molar refractivity (Wildman–Crippen MR) is 109 cm³/mol. The van der Waals surface area contributed by atoms with Gasteiger partial charge in [-0.05, 0) is 56.2 Å². The van der Waals surface area contributed by atoms with Crippen LogP contribution >= 0.6 is 0 Å². The maximum Gasteiger partial charge on any atom is 0.409 e. The fraction of sp³-hybridized carbons (Fsp3) is 0.381. The molecule has 1 saturated heterocycles. The molecule has 1 aliphatic rings. The number of amides is 2. The number of pyridine rings is 1. The van der Waals surface area contributed by atoms with Gasteiger partial charge in [-0.1, -0.05) is 6.07 Å². The van der Waals surface area contributed by atoms with Crippen LogP contribution < -0.4 is 10.2 Å². The maximum absolute atomic E-state index is 12.6. The van der Waals surface area contributed by atoms with E-state index in [2.05, 4.69) is 21.3 Å². The van der Waals surface area contributed by atoms with Crippen molar-refractivity contribution in [2.24, 2.45) is 0 Å². The number of nitrogens with one attached hydrogen (secondary N) is 1. The quantitative estimate of drug-likeness (QED) is 0.879. The van der Waals surface area contributed by atoms with Crippen LogP contribution in [0.1, 0.15) is 28.5 Å². The number of hydrogen-bond acceptors (Lipinski definition) is 5. The standard InChI is InChI=1S/C21H26N4O3/c1-4-28-21(27)25-9-7-24(8-10-25)18-5-6-22-19(14-18)20(26)23-17-12-15(2)11-16(3)13-17/h5-6,11-14H,4,7-10H2,1-3H3,(H,23,26). The van der Waals surface area contributed by atoms with Gasteiger partial charge in [-0.25, -0.2) is 4.79 Å². The maximum atomic E-state index is 12.6. The van der Waals surface area contributed by atoms with Gasteiger partial charge < -0.3 is 19.9 Å². The number of nitrogens with zero attached hydrogens (tertiary/aromatic N) is 3. The number of anilines is 2. The van der Waals surface area contributed by atoms with E-state index >= 15 is 0 Å². The Morgan fingerprint density at radius 3 is 2.39 bits per heavy atom. The second kappa shape index (κ2) is 8.73. The monoisotopic (exact) mass is 382 g/mol. The third kappa shape index (κ3) is 4.79. The van der Waals surface area contributed by atoms with E-state index in [1.807, 2.05) is 32.0 Å². The highest BCUT2D eigenvalue weighted by molar-refractivity contribution is 6.03. The molecule has 7 heteroatoms. The molecule has 148 valence electrons. The number of aryl methyl sites for hydroxylation is 2. The number of ether oxygens (including phenoxy) is 1. The summed E-state index contributed by atoms with van der Waals surface area (Å²) >= 11 is 0. The van der Waals surface area contributed by atoms with E-state index in [0.717, 1.165) is 22.5 Å². The molecule has 2 aromatic rings. The molecule has 1 N–H and O–H groups in total. The fourth-order valence-corrected chi connectivity index (χ4v) is 3.34. The van der Waals surface area contributed by atoms with Gasteiger partial charge in [0, 0.05) is 43.8 Å². The third-order valence-electron chi connectivity index (χ3n) is 4.63. The third-order valence-corrected chi connectivity index (χ3v) is 4.63. The number of hydrogen-bond donors (Lipinski definition) is 1. The summed E-state index contributed by atoms with van der Waals surface area (Å²) in [6.07, 6.45) is 1.37. The van der Waals surface area contributed by atoms with Crippen molar-refractivity contribution in [1.82, 2.24) is 9.88 Å². The minimum absolute atomic E-state index is 0.239. The first kappa shape index (κ1) is 19.7. The molecular formula is C21H26N4O3. The molecule has 0 unspecified atom stereocenters. The number of aromatic nitrogens is 1. The van der Waals surface area contributed by atoms with Gasteiger partial charge in [0.1, 0.15) is 5.69 Å². The molecule has 1 aliphatic heterocycles. The highest BCUT2D eigenvalue weighted by Gasteiger charge is 2.22. The first-order valence-corrected chi connectivity index (χ1v) is 9.48. The summed E-state index contributed by atoms with van der Waals surface area (Å²) in [5.41, 5.74) is 4.24. The van der Waals surface area contributed by atoms with Gasteiger partial charge in [0.2, 0.25) is 0 Å². The minimum atomic E-state index is -0.273. The SMILES string of the molecule is CCOC(=O)N1CCN(c2ccnc(C(=O)Nc3cc(C)cc(C)c3)c2)CC1. The van der Waals surface area contributed by atoms with Crippen LogP contribution in [0.25, 0.3) is 0 Å². The normalized spacial score (nSPS) is 14.0. The van der Waals surface area contributed by atoms with Gasteiger partial charge in [-0.3, -0.25) is 9.78 Å². The number of carbonyl (C=O) groups excluding carboxylic acids is 2. The Hall–Kier alpha value is -3.09. The van der Waals surface area contributed by atoms with Gasteiger partial charge >= 0.3 is 6.09 Å². The molecule has 0 atom stereocenters. The summed E-state index contributed by atoms with van der Waals surface area (Å²) in [5.74, 6) is -0.239. The molecule has 2 amide bonds. The lowest BCUT2D eigenvalue weighted by atomic mass is 10.1. The molecule has 2 heterocycles. The van der Waals surface area contributed by atoms with Crippen molar-refractivity contribution in [3.05, 3.63) is 53.3 Å². The summed E-state index contributed by atoms with van der Waals surface area (Å²) in [6, 6.07) is 9.60. The Balaban J connectivity index is 1.65. The number of benzene rings is 1. The van der Waals surface area contributed by atoms with Gasteiger partial charge in [0.25, 0.3) is 5.91 Å². The van der Waals surface area contributed by atoms with Crippen molar-refractivity contribution >= 4 is 23.4 Å². The van der Waals surface area contributed by atoms with Gasteiger partial charge in [-0.2, -0.15) is 0 Å². The summed E-state index contributed by atoms with van der Waals surface area (Å²) in [7, 11) is 0. The van der Waals surface area contributed by atoms with Crippen LogP contribution in [0.5, 0.6) is 0 Å². The topological polar surface area (TPSA) is 74.8 Å². The minimum Gasteiger partial charge on any atom is -0.450 e. The molecule has 0 saturated carbocycles. The van der Waals surface area contributed by atoms with E-state index in [9.17, 15) is 9.59 Å². The van der Waals surface area contributed by atoms with Gasteiger partial charge in [0.05, 0.1) is 6.61 Å². The van der Waals surface area contributed by atoms with Crippen molar-refractivity contribution in [2.45, 2.75) is 20.8 Å². The largest absolute Gasteiger partial charge is 0.450 e. The smallest absolute Gasteiger partial charge is 0.409 e. The molecule has 1 aromatic carbocycles. The Bertz CT molecular complexity index is 840. The lowest BCUT2D eigenvalue weighted by Crippen LogP contribution is -2.49. The lowest BCUT2D eigenvalue weighted by Gasteiger charge is -2.35. The molecule has 1 fully saturated rings. The van der Waals surface area contributed by atoms with Gasteiger partial charge in [0.15, 0.2) is 0 Å². The van der Waals surface area contributed by atoms with Crippen LogP contribution in [-0.2, 0) is 4.74 Å². The summed E-state index contributed by atoms with van der Waals surface area (Å²) in [6.45, 7) is 8.71. The molecule has 0 radical (unpaired) electrons. The van der Waals surface area contributed by atoms with E-state index < -0.39 is 0 Å². The summed E-state index contributed by atoms with van der Waals surface area (Å²) < 4.78 is 5.05. The molecule has 0 aliphatic carbocycles. The van der Waals surface area contributed by atoms with Crippen molar-refractivity contribution in [3.63, 3.8) is 0 Å². The highest BCUT2D eigenvalue weighted by atomic mass is 16.6. The predicted octanol–water partition coefficient (Wildman–Crippen LogP) is 3.23. The van der Waals surface area contributed by atoms with Crippen molar-refractivity contribution in [3.8, 4) is 0 Å². The average Bonchev–Trinajstić information content (AvgIpc) is 2.67. The van der Waals surface area contributed by atoms with E-state index in [0.29, 0.717) is 38.5 Å². The average molecular weight is 382 g/mol. The molecule has 0 spiro atoms. The Morgan fingerprint density at radius 2 is 1.75 bits per heavy atom. The van der Waals surface area contributed by atoms with E-state index in [4.69, 9.17) is 4.74 Å². The van der Waals surface area contributed by atoms with E-state index in [-0.39, 0.29) is 12.0 Å². The van der Waals surface area contributed by atoms with Crippen LogP contribution in [0.15, 0.2) is 36.5 Å². The Labute approximate surface area is 165 Å². The first-order chi connectivity index (χ1) is 13.5. The zero-order chi connectivity index (χ0) is 20.1. The first-order valence-electron chi connectivity index (χ1n) is 9.48. The molecule has 1 aromatic heterocycles. The van der Waals surface area contributed by atoms with Crippen molar-refractivity contribution in [2.75, 3.05) is 43.0 Å². The summed E-state index contributed by atoms with van der Waals surface area (Å²) in [4.78, 5) is 32.5. The number of rotatable bonds is 4. The number of piperazine rings is 1. The molecule has 28 heavy (non-hydrogen) atoms. The highest BCUT2D eigenvalue weighted by Crippen LogP contribution is 2.19. The second-order valence-corrected chi connectivity index (χ2v) is 6.90. The molecule has 0 bridgehead atoms. The zero-order valence-electron chi connectivity index (χ0n) is 16.6. The molecular weight excluding hydrogens is 356 g/mol. The molecule has 7 nitrogen and oxygen atoms in total. The van der Waals surface area contributed by atoms with Crippen LogP contribution in [0, 0.1) is 13.8 Å². The van der Waals surface area contributed by atoms with Crippen LogP contribution in [-0.4, -0.2) is 54.7 Å². The Morgan fingerprint density at radius 1 is 1.07 bits per heavy atom. The Kier molecular flexibility index (Phi) is 6.13. The number of carbonyl (C=O) groups is 2. The van der Waals surface area contributed by atoms with Crippen LogP contribution in [0.3, 0.4) is 0 Å². The lowest BCUT2D eigenvalue weighted by molar-refractivity contribution is 0.102. The van der Waals surface area contributed by atoms with Crippen LogP contribution in [0.2, 0.25) is 0 Å². The van der Waals surface area contributed by atoms with Gasteiger partial charge in [-0.15, -0.1) is 0 Å². The summed E-state index contributed by atoms with van der Waals surface area (Å²) in [5, 5.41) is 2.92. The second-order valence-electron chi connectivity index (χ2n) is 6.90. The van der Waals surface area contributed by atoms with Crippen LogP contribution in [0.4, 0.5) is 16.2 Å².